The van der Waals surface area contributed by atoms with Gasteiger partial charge >= 0.3 is 0 Å². The Labute approximate surface area is 82.2 Å². The van der Waals surface area contributed by atoms with Crippen LogP contribution in [0.2, 0.25) is 0 Å². The van der Waals surface area contributed by atoms with Crippen LogP contribution in [-0.4, -0.2) is 17.3 Å². The fourth-order valence-corrected chi connectivity index (χ4v) is 1.34. The van der Waals surface area contributed by atoms with E-state index in [1.54, 1.807) is 0 Å². The van der Waals surface area contributed by atoms with E-state index in [9.17, 15) is 4.79 Å². The summed E-state index contributed by atoms with van der Waals surface area (Å²) in [4.78, 5) is 11.7. The molecule has 1 rings (SSSR count). The number of rotatable bonds is 4. The van der Waals surface area contributed by atoms with Crippen molar-refractivity contribution in [3.63, 3.8) is 0 Å². The van der Waals surface area contributed by atoms with Gasteiger partial charge in [0.1, 0.15) is 0 Å². The van der Waals surface area contributed by atoms with Gasteiger partial charge in [-0.3, -0.25) is 4.79 Å². The molecule has 1 aliphatic carbocycles. The summed E-state index contributed by atoms with van der Waals surface area (Å²) in [7, 11) is 0. The summed E-state index contributed by atoms with van der Waals surface area (Å²) in [6.07, 6.45) is 2.13. The Morgan fingerprint density at radius 2 is 2.33 bits per heavy atom. The summed E-state index contributed by atoms with van der Waals surface area (Å²) in [6.45, 7) is 4.99. The zero-order chi connectivity index (χ0) is 9.14. The molecule has 0 aromatic rings. The fraction of sp³-hybridized carbons (Fsp3) is 0.889. The van der Waals surface area contributed by atoms with Crippen molar-refractivity contribution in [2.45, 2.75) is 31.5 Å². The van der Waals surface area contributed by atoms with E-state index >= 15 is 0 Å². The molecule has 1 saturated carbocycles. The number of halogens is 1. The third kappa shape index (κ3) is 2.77. The summed E-state index contributed by atoms with van der Waals surface area (Å²) < 4.78 is 0. The molecule has 0 bridgehead atoms. The molecule has 0 heterocycles. The standard InChI is InChI=1S/C9H16BrNO/c1-3-7(10)5-11-9(12)8-4-6(8)2/h6-8H,3-5H2,1-2H3,(H,11,12). The fourth-order valence-electron chi connectivity index (χ4n) is 1.17. The Hall–Kier alpha value is -0.0500. The SMILES string of the molecule is CCC(Br)CNC(=O)C1CC1C. The van der Waals surface area contributed by atoms with Gasteiger partial charge in [0.05, 0.1) is 0 Å². The smallest absolute Gasteiger partial charge is 0.223 e. The van der Waals surface area contributed by atoms with Gasteiger partial charge in [0.2, 0.25) is 5.91 Å². The van der Waals surface area contributed by atoms with Gasteiger partial charge < -0.3 is 5.32 Å². The summed E-state index contributed by atoms with van der Waals surface area (Å²) in [5.41, 5.74) is 0. The van der Waals surface area contributed by atoms with E-state index in [-0.39, 0.29) is 5.91 Å². The van der Waals surface area contributed by atoms with Gasteiger partial charge in [-0.1, -0.05) is 29.8 Å². The molecule has 0 aromatic carbocycles. The minimum atomic E-state index is 0.236. The van der Waals surface area contributed by atoms with E-state index < -0.39 is 0 Å². The Balaban J connectivity index is 2.11. The minimum absolute atomic E-state index is 0.236. The van der Waals surface area contributed by atoms with Crippen molar-refractivity contribution >= 4 is 21.8 Å². The summed E-state index contributed by atoms with van der Waals surface area (Å²) in [6, 6.07) is 0. The van der Waals surface area contributed by atoms with Gasteiger partial charge in [-0.25, -0.2) is 0 Å². The van der Waals surface area contributed by atoms with E-state index in [0.717, 1.165) is 19.4 Å². The Morgan fingerprint density at radius 1 is 1.75 bits per heavy atom. The van der Waals surface area contributed by atoms with E-state index in [0.29, 0.717) is 16.7 Å². The lowest BCUT2D eigenvalue weighted by atomic mass is 10.3. The summed E-state index contributed by atoms with van der Waals surface area (Å²) in [5.74, 6) is 1.15. The molecule has 12 heavy (non-hydrogen) atoms. The molecular weight excluding hydrogens is 218 g/mol. The molecule has 2 nitrogen and oxygen atoms in total. The zero-order valence-corrected chi connectivity index (χ0v) is 9.23. The average Bonchev–Trinajstić information content (AvgIpc) is 2.77. The first-order valence-electron chi connectivity index (χ1n) is 4.57. The van der Waals surface area contributed by atoms with Crippen molar-refractivity contribution in [3.8, 4) is 0 Å². The lowest BCUT2D eigenvalue weighted by molar-refractivity contribution is -0.122. The maximum Gasteiger partial charge on any atom is 0.223 e. The minimum Gasteiger partial charge on any atom is -0.355 e. The van der Waals surface area contributed by atoms with Crippen molar-refractivity contribution in [1.82, 2.24) is 5.32 Å². The molecule has 3 atom stereocenters. The molecule has 0 radical (unpaired) electrons. The van der Waals surface area contributed by atoms with Crippen LogP contribution >= 0.6 is 15.9 Å². The second-order valence-electron chi connectivity index (χ2n) is 3.57. The maximum atomic E-state index is 11.3. The summed E-state index contributed by atoms with van der Waals surface area (Å²) in [5, 5.41) is 2.94. The predicted octanol–water partition coefficient (Wildman–Crippen LogP) is 1.93. The van der Waals surface area contributed by atoms with Gasteiger partial charge in [-0.05, 0) is 18.8 Å². The molecule has 0 spiro atoms. The molecule has 3 heteroatoms. The van der Waals surface area contributed by atoms with Gasteiger partial charge in [0.25, 0.3) is 0 Å². The molecule has 3 unspecified atom stereocenters. The first kappa shape index (κ1) is 10.0. The van der Waals surface area contributed by atoms with Gasteiger partial charge in [-0.15, -0.1) is 0 Å². The normalized spacial score (nSPS) is 29.6. The van der Waals surface area contributed by atoms with Crippen LogP contribution in [0, 0.1) is 11.8 Å². The maximum absolute atomic E-state index is 11.3. The van der Waals surface area contributed by atoms with Crippen LogP contribution in [0.1, 0.15) is 26.7 Å². The monoisotopic (exact) mass is 233 g/mol. The first-order chi connectivity index (χ1) is 5.65. The van der Waals surface area contributed by atoms with Crippen LogP contribution < -0.4 is 5.32 Å². The quantitative estimate of drug-likeness (QED) is 0.740. The highest BCUT2D eigenvalue weighted by atomic mass is 79.9. The molecule has 1 fully saturated rings. The lowest BCUT2D eigenvalue weighted by Gasteiger charge is -2.07. The van der Waals surface area contributed by atoms with Gasteiger partial charge in [-0.2, -0.15) is 0 Å². The second kappa shape index (κ2) is 4.26. The predicted molar refractivity (Wildman–Crippen MR) is 53.3 cm³/mol. The van der Waals surface area contributed by atoms with E-state index in [2.05, 4.69) is 35.1 Å². The Bertz CT molecular complexity index is 172. The molecule has 0 saturated heterocycles. The molecule has 0 aromatic heterocycles. The number of hydrogen-bond acceptors (Lipinski definition) is 1. The van der Waals surface area contributed by atoms with Crippen molar-refractivity contribution in [2.24, 2.45) is 11.8 Å². The zero-order valence-electron chi connectivity index (χ0n) is 7.64. The van der Waals surface area contributed by atoms with Crippen LogP contribution in [0.5, 0.6) is 0 Å². The van der Waals surface area contributed by atoms with Crippen LogP contribution in [0.25, 0.3) is 0 Å². The second-order valence-corrected chi connectivity index (χ2v) is 4.87. The van der Waals surface area contributed by atoms with Crippen molar-refractivity contribution in [2.75, 3.05) is 6.54 Å². The van der Waals surface area contributed by atoms with Crippen LogP contribution in [-0.2, 0) is 4.79 Å². The molecule has 1 amide bonds. The molecular formula is C9H16BrNO. The highest BCUT2D eigenvalue weighted by molar-refractivity contribution is 9.09. The average molecular weight is 234 g/mol. The summed E-state index contributed by atoms with van der Waals surface area (Å²) >= 11 is 3.48. The van der Waals surface area contributed by atoms with E-state index in [1.807, 2.05) is 0 Å². The van der Waals surface area contributed by atoms with Crippen LogP contribution in [0.3, 0.4) is 0 Å². The van der Waals surface area contributed by atoms with Crippen molar-refractivity contribution in [3.05, 3.63) is 0 Å². The van der Waals surface area contributed by atoms with Crippen LogP contribution in [0.4, 0.5) is 0 Å². The third-order valence-corrected chi connectivity index (χ3v) is 3.36. The highest BCUT2D eigenvalue weighted by Gasteiger charge is 2.38. The Kier molecular flexibility index (Phi) is 3.56. The van der Waals surface area contributed by atoms with Crippen LogP contribution in [0.15, 0.2) is 0 Å². The number of amides is 1. The molecule has 1 N–H and O–H groups in total. The molecule has 1 aliphatic rings. The number of carbonyl (C=O) groups excluding carboxylic acids is 1. The van der Waals surface area contributed by atoms with Gasteiger partial charge in [0.15, 0.2) is 0 Å². The Morgan fingerprint density at radius 3 is 2.75 bits per heavy atom. The third-order valence-electron chi connectivity index (χ3n) is 2.39. The lowest BCUT2D eigenvalue weighted by Crippen LogP contribution is -2.30. The van der Waals surface area contributed by atoms with Crippen molar-refractivity contribution in [1.29, 1.82) is 0 Å². The number of alkyl halides is 1. The van der Waals surface area contributed by atoms with E-state index in [4.69, 9.17) is 0 Å². The van der Waals surface area contributed by atoms with Crippen molar-refractivity contribution < 1.29 is 4.79 Å². The topological polar surface area (TPSA) is 29.1 Å². The highest BCUT2D eigenvalue weighted by Crippen LogP contribution is 2.37. The van der Waals surface area contributed by atoms with E-state index in [1.165, 1.54) is 0 Å². The van der Waals surface area contributed by atoms with Gasteiger partial charge in [0, 0.05) is 17.3 Å². The number of hydrogen-bond donors (Lipinski definition) is 1. The largest absolute Gasteiger partial charge is 0.355 e. The molecule has 70 valence electrons. The number of carbonyl (C=O) groups is 1. The number of nitrogens with one attached hydrogen (secondary N) is 1. The molecule has 0 aliphatic heterocycles. The first-order valence-corrected chi connectivity index (χ1v) is 5.48.